The van der Waals surface area contributed by atoms with E-state index in [9.17, 15) is 0 Å². The fraction of sp³-hybridized carbons (Fsp3) is 0.521. The quantitative estimate of drug-likeness (QED) is 0.312. The molecule has 0 radical (unpaired) electrons. The Bertz CT molecular complexity index is 1910. The predicted octanol–water partition coefficient (Wildman–Crippen LogP) is 6.91. The summed E-state index contributed by atoms with van der Waals surface area (Å²) in [6.45, 7) is 36.0. The van der Waals surface area contributed by atoms with Gasteiger partial charge in [-0.1, -0.05) is 0 Å². The molecule has 272 valence electrons. The molecule has 51 heavy (non-hydrogen) atoms. The van der Waals surface area contributed by atoms with Crippen molar-refractivity contribution in [3.8, 4) is 0 Å². The van der Waals surface area contributed by atoms with Crippen LogP contribution in [0, 0.1) is 62.1 Å². The normalized spacial score (nSPS) is 43.1. The standard InChI is InChI=1S/C29H37.C10H15.C9H10.2ClH.Zr/c1-21-14-13-15-22-20-27(6)25(4)18-10-9-16-23(25,2)24(3)17-11-12-19-26(24,5)29(27,8)28(21,22)7;1-8-5-6-9(7-8)10(2,3)4;1-3-9-6-4-8(2)5-7-9;;;/h9-20,22H,1-8H3;6-8H,1-4H3;4-7H,1-2H3;2*1H;/q;;;;;+2/p-2. The number of aryl methyl sites for hydroxylation is 1. The van der Waals surface area contributed by atoms with Crippen LogP contribution in [0.15, 0.2) is 118 Å². The van der Waals surface area contributed by atoms with Crippen LogP contribution in [0.1, 0.15) is 101 Å². The van der Waals surface area contributed by atoms with Crippen LogP contribution >= 0.6 is 0 Å². The van der Waals surface area contributed by atoms with E-state index in [-0.39, 0.29) is 68.1 Å². The molecule has 0 amide bonds. The van der Waals surface area contributed by atoms with Crippen LogP contribution in [0.2, 0.25) is 3.63 Å². The fourth-order valence-electron chi connectivity index (χ4n) is 13.3. The van der Waals surface area contributed by atoms with Gasteiger partial charge in [-0.3, -0.25) is 0 Å². The molecular weight excluding hydrogens is 739 g/mol. The van der Waals surface area contributed by atoms with Gasteiger partial charge >= 0.3 is 309 Å². The monoisotopic (exact) mass is 798 g/mol. The third kappa shape index (κ3) is 4.56. The van der Waals surface area contributed by atoms with Crippen molar-refractivity contribution in [2.45, 2.75) is 101 Å². The molecule has 0 aliphatic heterocycles. The molecule has 7 rings (SSSR count). The summed E-state index contributed by atoms with van der Waals surface area (Å²) in [5.41, 5.74) is 5.60. The van der Waals surface area contributed by atoms with E-state index in [1.165, 1.54) is 16.7 Å². The van der Waals surface area contributed by atoms with Crippen LogP contribution in [-0.2, 0) is 21.3 Å². The summed E-state index contributed by atoms with van der Waals surface area (Å²) in [7, 11) is 0. The van der Waals surface area contributed by atoms with Crippen molar-refractivity contribution in [3.05, 3.63) is 129 Å². The molecule has 0 bridgehead atoms. The molecular formula is C48H62Cl2Zr. The first kappa shape index (κ1) is 40.7. The van der Waals surface area contributed by atoms with Gasteiger partial charge in [0.2, 0.25) is 0 Å². The smallest absolute Gasteiger partial charge is 1.00 e. The number of rotatable bonds is 3. The minimum absolute atomic E-state index is 0. The second-order valence-electron chi connectivity index (χ2n) is 19.2. The minimum atomic E-state index is -2.82. The molecule has 0 spiro atoms. The zero-order valence-corrected chi connectivity index (χ0v) is 37.8. The largest absolute Gasteiger partial charge is 1.00 e. The summed E-state index contributed by atoms with van der Waals surface area (Å²) < 4.78 is 4.08. The molecule has 3 heteroatoms. The van der Waals surface area contributed by atoms with E-state index in [0.717, 1.165) is 0 Å². The first-order chi connectivity index (χ1) is 22.7. The van der Waals surface area contributed by atoms with Crippen molar-refractivity contribution >= 4 is 3.21 Å². The molecule has 6 aliphatic rings. The molecule has 0 N–H and O–H groups in total. The Balaban J connectivity index is 0.00000252. The van der Waals surface area contributed by atoms with Crippen LogP contribution in [0.4, 0.5) is 0 Å². The van der Waals surface area contributed by atoms with E-state index in [2.05, 4.69) is 200 Å². The van der Waals surface area contributed by atoms with Gasteiger partial charge in [-0.15, -0.1) is 0 Å². The Kier molecular flexibility index (Phi) is 9.97. The molecule has 2 saturated carbocycles. The van der Waals surface area contributed by atoms with Gasteiger partial charge in [-0.25, -0.2) is 0 Å². The van der Waals surface area contributed by atoms with Gasteiger partial charge in [0, 0.05) is 0 Å². The van der Waals surface area contributed by atoms with Gasteiger partial charge in [0.25, 0.3) is 0 Å². The Labute approximate surface area is 331 Å². The third-order valence-electron chi connectivity index (χ3n) is 17.1. The number of halogens is 2. The zero-order chi connectivity index (χ0) is 35.8. The number of allylic oxidation sites excluding steroid dienone is 16. The summed E-state index contributed by atoms with van der Waals surface area (Å²) in [6, 6.07) is 9.60. The molecule has 0 nitrogen and oxygen atoms in total. The number of benzene rings is 1. The van der Waals surface area contributed by atoms with Crippen molar-refractivity contribution in [3.63, 3.8) is 0 Å². The second kappa shape index (κ2) is 12.5. The summed E-state index contributed by atoms with van der Waals surface area (Å²) in [5, 5.41) is 0. The maximum absolute atomic E-state index is 2.82. The average Bonchev–Trinajstić information content (AvgIpc) is 3.51. The topological polar surface area (TPSA) is 0 Å². The molecule has 0 saturated heterocycles. The average molecular weight is 801 g/mol. The van der Waals surface area contributed by atoms with Crippen molar-refractivity contribution in [1.29, 1.82) is 0 Å². The first-order valence-electron chi connectivity index (χ1n) is 19.0. The molecule has 2 fully saturated rings. The van der Waals surface area contributed by atoms with Gasteiger partial charge < -0.3 is 24.8 Å². The molecule has 0 heterocycles. The Morgan fingerprint density at radius 1 is 0.706 bits per heavy atom. The Morgan fingerprint density at radius 3 is 1.75 bits per heavy atom. The van der Waals surface area contributed by atoms with Crippen molar-refractivity contribution in [2.24, 2.45) is 55.2 Å². The molecule has 1 aromatic rings. The predicted molar refractivity (Wildman–Crippen MR) is 209 cm³/mol. The van der Waals surface area contributed by atoms with Gasteiger partial charge in [-0.05, 0) is 0 Å². The summed E-state index contributed by atoms with van der Waals surface area (Å²) in [4.78, 5) is 0. The number of hydrogen-bond acceptors (Lipinski definition) is 0. The van der Waals surface area contributed by atoms with Crippen molar-refractivity contribution in [1.82, 2.24) is 0 Å². The molecule has 10 atom stereocenters. The van der Waals surface area contributed by atoms with E-state index in [1.54, 1.807) is 8.78 Å². The Hall–Kier alpha value is -1.53. The van der Waals surface area contributed by atoms with Gasteiger partial charge in [0.15, 0.2) is 0 Å². The zero-order valence-electron chi connectivity index (χ0n) is 33.8. The van der Waals surface area contributed by atoms with Gasteiger partial charge in [-0.2, -0.15) is 0 Å². The molecule has 10 unspecified atom stereocenters. The van der Waals surface area contributed by atoms with Crippen LogP contribution in [-0.4, -0.2) is 3.21 Å². The Morgan fingerprint density at radius 2 is 1.22 bits per heavy atom. The van der Waals surface area contributed by atoms with E-state index in [4.69, 9.17) is 0 Å². The van der Waals surface area contributed by atoms with Crippen molar-refractivity contribution in [2.75, 3.05) is 0 Å². The minimum Gasteiger partial charge on any atom is -1.00 e. The first-order valence-corrected chi connectivity index (χ1v) is 22.9. The maximum atomic E-state index is 2.82. The van der Waals surface area contributed by atoms with E-state index in [1.807, 2.05) is 3.28 Å². The number of fused-ring (bicyclic) bond motifs is 8. The van der Waals surface area contributed by atoms with Crippen molar-refractivity contribution < 1.29 is 46.1 Å². The van der Waals surface area contributed by atoms with Crippen LogP contribution < -0.4 is 24.8 Å². The van der Waals surface area contributed by atoms with Crippen LogP contribution in [0.25, 0.3) is 0 Å². The summed E-state index contributed by atoms with van der Waals surface area (Å²) in [6.07, 6.45) is 33.2. The van der Waals surface area contributed by atoms with Gasteiger partial charge in [0.05, 0.1) is 0 Å². The van der Waals surface area contributed by atoms with E-state index in [0.29, 0.717) is 15.5 Å². The fourth-order valence-corrected chi connectivity index (χ4v) is 24.6. The van der Waals surface area contributed by atoms with E-state index >= 15 is 0 Å². The van der Waals surface area contributed by atoms with Gasteiger partial charge in [0.1, 0.15) is 0 Å². The second-order valence-corrected chi connectivity index (χ2v) is 26.0. The number of hydrogen-bond donors (Lipinski definition) is 0. The summed E-state index contributed by atoms with van der Waals surface area (Å²) >= 11 is -2.82. The molecule has 0 aromatic heterocycles. The van der Waals surface area contributed by atoms with Crippen LogP contribution in [0.3, 0.4) is 0 Å². The maximum Gasteiger partial charge on any atom is -1.00 e. The summed E-state index contributed by atoms with van der Waals surface area (Å²) in [5.74, 6) is 0.922. The van der Waals surface area contributed by atoms with Crippen LogP contribution in [0.5, 0.6) is 0 Å². The third-order valence-corrected chi connectivity index (χ3v) is 26.6. The van der Waals surface area contributed by atoms with E-state index < -0.39 is 21.3 Å². The molecule has 6 aliphatic carbocycles. The molecule has 1 aromatic carbocycles. The SMILES string of the molecule is CC1=CC=CC2[CH](/[Zr+2]([C]3=CC(C(C)(C)C)=CC3C)=[C](/C)c3ccc(C)cc3)C3(C)C4(C)C=CC=CC4(C)C4(C)C=CC=CC4(C)C3(C)C12C.[Cl-].[Cl-].